The molecule has 3 heterocycles. The zero-order valence-electron chi connectivity index (χ0n) is 17.8. The topological polar surface area (TPSA) is 62.7 Å². The molecule has 0 aliphatic carbocycles. The molecule has 0 fully saturated rings. The van der Waals surface area contributed by atoms with Crippen LogP contribution in [0.1, 0.15) is 22.3 Å². The second-order valence-corrected chi connectivity index (χ2v) is 7.95. The predicted molar refractivity (Wildman–Crippen MR) is 120 cm³/mol. The fourth-order valence-corrected chi connectivity index (χ4v) is 4.38. The summed E-state index contributed by atoms with van der Waals surface area (Å²) in [6.07, 6.45) is 4.19. The lowest BCUT2D eigenvalue weighted by atomic mass is 9.98. The van der Waals surface area contributed by atoms with Crippen molar-refractivity contribution in [3.63, 3.8) is 0 Å². The molecule has 0 atom stereocenters. The lowest BCUT2D eigenvalue weighted by Gasteiger charge is -2.31. The van der Waals surface area contributed by atoms with Crippen molar-refractivity contribution >= 4 is 17.4 Å². The van der Waals surface area contributed by atoms with Crippen molar-refractivity contribution < 1.29 is 14.3 Å². The van der Waals surface area contributed by atoms with E-state index in [2.05, 4.69) is 17.1 Å². The quantitative estimate of drug-likeness (QED) is 0.586. The smallest absolute Gasteiger partial charge is 0.278 e. The Morgan fingerprint density at radius 2 is 1.72 bits per heavy atom. The van der Waals surface area contributed by atoms with Gasteiger partial charge in [0.1, 0.15) is 11.4 Å². The molecule has 1 aromatic heterocycles. The number of amides is 2. The third kappa shape index (κ3) is 3.54. The van der Waals surface area contributed by atoms with Crippen LogP contribution in [0.3, 0.4) is 0 Å². The average Bonchev–Trinajstić information content (AvgIpc) is 3.09. The fraction of sp³-hybridized carbons (Fsp3) is 0.192. The molecule has 0 N–H and O–H groups in total. The lowest BCUT2D eigenvalue weighted by Crippen LogP contribution is -2.37. The van der Waals surface area contributed by atoms with Gasteiger partial charge in [0, 0.05) is 25.5 Å². The molecule has 5 rings (SSSR count). The van der Waals surface area contributed by atoms with E-state index in [4.69, 9.17) is 4.74 Å². The summed E-state index contributed by atoms with van der Waals surface area (Å²) < 4.78 is 5.27. The minimum atomic E-state index is -0.280. The molecule has 160 valence electrons. The van der Waals surface area contributed by atoms with Gasteiger partial charge in [-0.1, -0.05) is 42.5 Å². The highest BCUT2D eigenvalue weighted by atomic mass is 16.5. The molecule has 32 heavy (non-hydrogen) atoms. The Morgan fingerprint density at radius 3 is 2.44 bits per heavy atom. The molecule has 0 unspecified atom stereocenters. The van der Waals surface area contributed by atoms with Crippen LogP contribution in [0.15, 0.2) is 78.8 Å². The summed E-state index contributed by atoms with van der Waals surface area (Å²) in [6.45, 7) is 1.48. The van der Waals surface area contributed by atoms with Gasteiger partial charge in [-0.15, -0.1) is 0 Å². The van der Waals surface area contributed by atoms with E-state index in [0.29, 0.717) is 35.7 Å². The van der Waals surface area contributed by atoms with Gasteiger partial charge in [-0.2, -0.15) is 0 Å². The highest BCUT2D eigenvalue weighted by Gasteiger charge is 2.42. The van der Waals surface area contributed by atoms with Gasteiger partial charge in [0.2, 0.25) is 0 Å². The van der Waals surface area contributed by atoms with E-state index in [1.807, 2.05) is 47.4 Å². The molecule has 2 aliphatic rings. The largest absolute Gasteiger partial charge is 0.497 e. The number of hydrogen-bond acceptors (Lipinski definition) is 5. The fourth-order valence-electron chi connectivity index (χ4n) is 4.38. The summed E-state index contributed by atoms with van der Waals surface area (Å²) in [7, 11) is 1.60. The van der Waals surface area contributed by atoms with Gasteiger partial charge in [0.05, 0.1) is 19.2 Å². The molecule has 2 amide bonds. The van der Waals surface area contributed by atoms with Crippen LogP contribution in [-0.2, 0) is 29.1 Å². The van der Waals surface area contributed by atoms with Crippen LogP contribution >= 0.6 is 0 Å². The standard InChI is InChI=1S/C26H23N3O3/c1-32-22-10-8-20(9-11-22)23-24(28-14-12-19-6-2-3-7-21(19)17-28)26(31)29(25(23)30)16-18-5-4-13-27-15-18/h2-11,13,15H,12,14,16-17H2,1H3. The van der Waals surface area contributed by atoms with Crippen molar-refractivity contribution in [3.8, 4) is 5.75 Å². The Hall–Kier alpha value is -3.93. The number of imide groups is 1. The Kier molecular flexibility index (Phi) is 5.19. The number of ether oxygens (including phenoxy) is 1. The average molecular weight is 425 g/mol. The van der Waals surface area contributed by atoms with E-state index in [-0.39, 0.29) is 18.4 Å². The van der Waals surface area contributed by atoms with Gasteiger partial charge >= 0.3 is 0 Å². The van der Waals surface area contributed by atoms with Gasteiger partial charge in [-0.25, -0.2) is 0 Å². The normalized spacial score (nSPS) is 15.9. The van der Waals surface area contributed by atoms with Crippen molar-refractivity contribution in [2.75, 3.05) is 13.7 Å². The molecule has 0 saturated heterocycles. The Bertz CT molecular complexity index is 1200. The molecule has 6 nitrogen and oxygen atoms in total. The van der Waals surface area contributed by atoms with Crippen LogP contribution in [0.2, 0.25) is 0 Å². The minimum absolute atomic E-state index is 0.194. The van der Waals surface area contributed by atoms with Crippen molar-refractivity contribution in [3.05, 3.63) is 101 Å². The van der Waals surface area contributed by atoms with Gasteiger partial charge in [0.25, 0.3) is 11.8 Å². The van der Waals surface area contributed by atoms with E-state index in [1.165, 1.54) is 16.0 Å². The van der Waals surface area contributed by atoms with E-state index in [1.54, 1.807) is 25.6 Å². The maximum absolute atomic E-state index is 13.6. The van der Waals surface area contributed by atoms with Crippen LogP contribution in [0, 0.1) is 0 Å². The predicted octanol–water partition coefficient (Wildman–Crippen LogP) is 3.43. The second-order valence-electron chi connectivity index (χ2n) is 7.95. The summed E-state index contributed by atoms with van der Waals surface area (Å²) in [4.78, 5) is 34.6. The first kappa shape index (κ1) is 20.0. The van der Waals surface area contributed by atoms with E-state index in [9.17, 15) is 9.59 Å². The summed E-state index contributed by atoms with van der Waals surface area (Å²) in [5.74, 6) is 0.161. The summed E-state index contributed by atoms with van der Waals surface area (Å²) in [5.41, 5.74) is 4.92. The summed E-state index contributed by atoms with van der Waals surface area (Å²) in [5, 5.41) is 0. The van der Waals surface area contributed by atoms with Crippen LogP contribution in [-0.4, -0.2) is 40.3 Å². The van der Waals surface area contributed by atoms with E-state index >= 15 is 0 Å². The minimum Gasteiger partial charge on any atom is -0.497 e. The number of benzene rings is 2. The Labute approximate surface area is 186 Å². The lowest BCUT2D eigenvalue weighted by molar-refractivity contribution is -0.138. The number of hydrogen-bond donors (Lipinski definition) is 0. The number of carbonyl (C=O) groups is 2. The molecule has 0 saturated carbocycles. The first-order chi connectivity index (χ1) is 15.7. The molecule has 0 bridgehead atoms. The number of carbonyl (C=O) groups excluding carboxylic acids is 2. The highest BCUT2D eigenvalue weighted by molar-refractivity contribution is 6.35. The van der Waals surface area contributed by atoms with Crippen molar-refractivity contribution in [1.29, 1.82) is 0 Å². The molecule has 0 spiro atoms. The zero-order chi connectivity index (χ0) is 22.1. The van der Waals surface area contributed by atoms with Crippen LogP contribution in [0.5, 0.6) is 5.75 Å². The SMILES string of the molecule is COc1ccc(C2=C(N3CCc4ccccc4C3)C(=O)N(Cc3cccnc3)C2=O)cc1. The number of rotatable bonds is 5. The number of fused-ring (bicyclic) bond motifs is 1. The number of nitrogens with zero attached hydrogens (tertiary/aromatic N) is 3. The maximum Gasteiger partial charge on any atom is 0.278 e. The molecule has 6 heteroatoms. The molecule has 0 radical (unpaired) electrons. The van der Waals surface area contributed by atoms with Crippen LogP contribution in [0.4, 0.5) is 0 Å². The highest BCUT2D eigenvalue weighted by Crippen LogP contribution is 2.35. The Balaban J connectivity index is 1.55. The van der Waals surface area contributed by atoms with E-state index in [0.717, 1.165) is 12.0 Å². The van der Waals surface area contributed by atoms with Gasteiger partial charge in [0.15, 0.2) is 0 Å². The third-order valence-electron chi connectivity index (χ3n) is 6.03. The van der Waals surface area contributed by atoms with Gasteiger partial charge in [-0.05, 0) is 46.9 Å². The number of methoxy groups -OCH3 is 1. The number of pyridine rings is 1. The van der Waals surface area contributed by atoms with E-state index < -0.39 is 0 Å². The first-order valence-corrected chi connectivity index (χ1v) is 10.6. The second kappa shape index (κ2) is 8.30. The number of aromatic nitrogens is 1. The van der Waals surface area contributed by atoms with Crippen molar-refractivity contribution in [2.45, 2.75) is 19.5 Å². The van der Waals surface area contributed by atoms with Crippen molar-refractivity contribution in [1.82, 2.24) is 14.8 Å². The van der Waals surface area contributed by atoms with Crippen LogP contribution < -0.4 is 4.74 Å². The molecule has 2 aromatic carbocycles. The Morgan fingerprint density at radius 1 is 0.938 bits per heavy atom. The van der Waals surface area contributed by atoms with Crippen molar-refractivity contribution in [2.24, 2.45) is 0 Å². The molecule has 2 aliphatic heterocycles. The first-order valence-electron chi connectivity index (χ1n) is 10.6. The summed E-state index contributed by atoms with van der Waals surface area (Å²) >= 11 is 0. The zero-order valence-corrected chi connectivity index (χ0v) is 17.8. The molecular weight excluding hydrogens is 402 g/mol. The summed E-state index contributed by atoms with van der Waals surface area (Å²) in [6, 6.07) is 19.2. The van der Waals surface area contributed by atoms with Crippen LogP contribution in [0.25, 0.3) is 5.57 Å². The monoisotopic (exact) mass is 425 g/mol. The third-order valence-corrected chi connectivity index (χ3v) is 6.03. The molecular formula is C26H23N3O3. The molecule has 3 aromatic rings. The van der Waals surface area contributed by atoms with Gasteiger partial charge < -0.3 is 9.64 Å². The maximum atomic E-state index is 13.6. The van der Waals surface area contributed by atoms with Gasteiger partial charge in [-0.3, -0.25) is 19.5 Å².